The van der Waals surface area contributed by atoms with Crippen molar-refractivity contribution in [2.24, 2.45) is 0 Å². The molecule has 0 bridgehead atoms. The van der Waals surface area contributed by atoms with Gasteiger partial charge in [0.15, 0.2) is 34.5 Å². The van der Waals surface area contributed by atoms with Crippen LogP contribution in [0, 0.1) is 0 Å². The van der Waals surface area contributed by atoms with Crippen molar-refractivity contribution in [3.05, 3.63) is 131 Å². The number of hydrogen-bond acceptors (Lipinski definition) is 13. The summed E-state index contributed by atoms with van der Waals surface area (Å²) in [7, 11) is 7.29. The molecule has 5 aromatic carbocycles. The Morgan fingerprint density at radius 2 is 0.937 bits per heavy atom. The largest absolute Gasteiger partial charge is 0.497 e. The van der Waals surface area contributed by atoms with E-state index in [1.54, 1.807) is 86.2 Å². The Bertz CT molecular complexity index is 2240. The Morgan fingerprint density at radius 3 is 1.40 bits per heavy atom. The second kappa shape index (κ2) is 22.8. The maximum Gasteiger partial charge on any atom is 0.229 e. The summed E-state index contributed by atoms with van der Waals surface area (Å²) in [4.78, 5) is 11.4. The average molecular weight is 889 g/mol. The third-order valence-corrected chi connectivity index (χ3v) is 12.4. The lowest BCUT2D eigenvalue weighted by atomic mass is 9.96. The quantitative estimate of drug-likeness (QED) is 0.0625. The van der Waals surface area contributed by atoms with E-state index < -0.39 is 38.1 Å². The Hall–Kier alpha value is -5.47. The van der Waals surface area contributed by atoms with Gasteiger partial charge in [-0.15, -0.1) is 0 Å². The molecular weight excluding hydrogens is 831 g/mol. The first-order valence-corrected chi connectivity index (χ1v) is 22.4. The van der Waals surface area contributed by atoms with E-state index in [-0.39, 0.29) is 38.6 Å². The predicted molar refractivity (Wildman–Crippen MR) is 236 cm³/mol. The van der Waals surface area contributed by atoms with E-state index in [1.807, 2.05) is 72.8 Å². The Labute approximate surface area is 369 Å². The summed E-state index contributed by atoms with van der Waals surface area (Å²) in [6.07, 6.45) is -4.53. The average Bonchev–Trinajstić information content (AvgIpc) is 3.31. The first-order valence-electron chi connectivity index (χ1n) is 20.4. The Kier molecular flexibility index (Phi) is 17.0. The molecule has 0 amide bonds. The van der Waals surface area contributed by atoms with Crippen LogP contribution < -0.4 is 37.9 Å². The minimum Gasteiger partial charge on any atom is -0.497 e. The van der Waals surface area contributed by atoms with Crippen LogP contribution >= 0.6 is 7.37 Å². The first kappa shape index (κ1) is 47.0. The number of methoxy groups -OCH3 is 7. The Balaban J connectivity index is 1.41. The zero-order valence-corrected chi connectivity index (χ0v) is 37.6. The molecule has 0 aliphatic carbocycles. The van der Waals surface area contributed by atoms with E-state index in [0.29, 0.717) is 46.0 Å². The van der Waals surface area contributed by atoms with E-state index in [9.17, 15) is 9.46 Å². The molecule has 338 valence electrons. The molecule has 1 saturated heterocycles. The van der Waals surface area contributed by atoms with Gasteiger partial charge in [0.05, 0.1) is 75.7 Å². The van der Waals surface area contributed by atoms with E-state index in [4.69, 9.17) is 56.8 Å². The van der Waals surface area contributed by atoms with Crippen molar-refractivity contribution in [1.29, 1.82) is 0 Å². The summed E-state index contributed by atoms with van der Waals surface area (Å²) in [5.74, 6) is 4.41. The number of hydrogen-bond donors (Lipinski definition) is 1. The van der Waals surface area contributed by atoms with Gasteiger partial charge in [0.25, 0.3) is 0 Å². The second-order valence-electron chi connectivity index (χ2n) is 14.7. The van der Waals surface area contributed by atoms with Crippen molar-refractivity contribution in [2.75, 3.05) is 55.9 Å². The highest BCUT2D eigenvalue weighted by atomic mass is 31.2. The number of rotatable bonds is 23. The maximum absolute atomic E-state index is 13.9. The van der Waals surface area contributed by atoms with Gasteiger partial charge in [-0.3, -0.25) is 4.57 Å². The summed E-state index contributed by atoms with van der Waals surface area (Å²) in [5.41, 5.74) is 3.10. The molecule has 6 atom stereocenters. The summed E-state index contributed by atoms with van der Waals surface area (Å²) < 4.78 is 86.6. The summed E-state index contributed by atoms with van der Waals surface area (Å²) in [6, 6.07) is 32.9. The van der Waals surface area contributed by atoms with Crippen molar-refractivity contribution in [3.8, 4) is 46.0 Å². The van der Waals surface area contributed by atoms with Crippen LogP contribution in [0.2, 0.25) is 0 Å². The molecule has 0 radical (unpaired) electrons. The zero-order valence-electron chi connectivity index (χ0n) is 36.7. The lowest BCUT2D eigenvalue weighted by Crippen LogP contribution is -2.61. The van der Waals surface area contributed by atoms with Crippen molar-refractivity contribution in [1.82, 2.24) is 0 Å². The van der Waals surface area contributed by atoms with E-state index in [2.05, 4.69) is 0 Å². The standard InChI is InChI=1S/C48H57O14P/c1-51-36-16-18-37(19-17-36)61-48-47(60-30-35-15-22-40(54-4)44(27-35)57-7)46(59-29-34-14-21-39(53-3)43(26-34)56-6)45(58-28-33-13-20-38(52-2)42(25-33)55-5)41(62-48)23-24-63(49,50)31-32-11-9-8-10-12-32/h8-22,25-27,41,45-48H,23-24,28-31H2,1-7H3,(H,49,50)/t41-,45-,46+,47+,48?/m1/s1. The molecule has 15 heteroatoms. The molecule has 6 rings (SSSR count). The minimum atomic E-state index is -3.72. The second-order valence-corrected chi connectivity index (χ2v) is 17.2. The molecule has 0 aromatic heterocycles. The van der Waals surface area contributed by atoms with Gasteiger partial charge in [-0.2, -0.15) is 0 Å². The van der Waals surface area contributed by atoms with Gasteiger partial charge < -0.3 is 61.7 Å². The van der Waals surface area contributed by atoms with E-state index >= 15 is 0 Å². The van der Waals surface area contributed by atoms with Gasteiger partial charge in [0.1, 0.15) is 29.8 Å². The van der Waals surface area contributed by atoms with Gasteiger partial charge in [-0.25, -0.2) is 0 Å². The van der Waals surface area contributed by atoms with Gasteiger partial charge in [0, 0.05) is 12.3 Å². The lowest BCUT2D eigenvalue weighted by Gasteiger charge is -2.46. The first-order chi connectivity index (χ1) is 30.6. The predicted octanol–water partition coefficient (Wildman–Crippen LogP) is 8.47. The smallest absolute Gasteiger partial charge is 0.229 e. The van der Waals surface area contributed by atoms with Crippen LogP contribution in [0.3, 0.4) is 0 Å². The van der Waals surface area contributed by atoms with Crippen molar-refractivity contribution in [2.45, 2.75) is 63.1 Å². The minimum absolute atomic E-state index is 0.000204. The highest BCUT2D eigenvalue weighted by Gasteiger charge is 2.50. The fourth-order valence-electron chi connectivity index (χ4n) is 7.33. The van der Waals surface area contributed by atoms with Crippen LogP contribution in [0.25, 0.3) is 0 Å². The molecule has 2 unspecified atom stereocenters. The SMILES string of the molecule is COc1ccc(OC2O[C@H](CCP(=O)(O)Cc3ccccc3)[C@@H](OCc3ccc(OC)c(OC)c3)[C@H](OCc3ccc(OC)c(OC)c3)[C@@H]2OCc2ccc(OC)c(OC)c2)cc1. The van der Waals surface area contributed by atoms with Crippen molar-refractivity contribution >= 4 is 7.37 Å². The summed E-state index contributed by atoms with van der Waals surface area (Å²) >= 11 is 0. The van der Waals surface area contributed by atoms with Crippen molar-refractivity contribution < 1.29 is 66.3 Å². The van der Waals surface area contributed by atoms with Gasteiger partial charge in [0.2, 0.25) is 13.7 Å². The van der Waals surface area contributed by atoms with Crippen LogP contribution in [-0.2, 0) is 49.5 Å². The van der Waals surface area contributed by atoms with Gasteiger partial charge in [-0.1, -0.05) is 48.5 Å². The molecule has 14 nitrogen and oxygen atoms in total. The van der Waals surface area contributed by atoms with Gasteiger partial charge in [-0.05, 0) is 89.3 Å². The van der Waals surface area contributed by atoms with Crippen LogP contribution in [0.15, 0.2) is 109 Å². The summed E-state index contributed by atoms with van der Waals surface area (Å²) in [6.45, 7) is 0.267. The molecule has 1 fully saturated rings. The lowest BCUT2D eigenvalue weighted by molar-refractivity contribution is -0.304. The highest BCUT2D eigenvalue weighted by Crippen LogP contribution is 2.47. The van der Waals surface area contributed by atoms with Crippen LogP contribution in [0.1, 0.15) is 28.7 Å². The topological polar surface area (TPSA) is 148 Å². The highest BCUT2D eigenvalue weighted by molar-refractivity contribution is 7.57. The van der Waals surface area contributed by atoms with E-state index in [0.717, 1.165) is 22.3 Å². The van der Waals surface area contributed by atoms with Gasteiger partial charge >= 0.3 is 0 Å². The third kappa shape index (κ3) is 12.6. The normalized spacial score (nSPS) is 19.3. The van der Waals surface area contributed by atoms with Crippen LogP contribution in [0.5, 0.6) is 46.0 Å². The fourth-order valence-corrected chi connectivity index (χ4v) is 8.92. The molecule has 0 saturated carbocycles. The number of benzene rings is 5. The van der Waals surface area contributed by atoms with Crippen LogP contribution in [-0.4, -0.2) is 91.5 Å². The molecule has 63 heavy (non-hydrogen) atoms. The monoisotopic (exact) mass is 888 g/mol. The summed E-state index contributed by atoms with van der Waals surface area (Å²) in [5, 5.41) is 0. The third-order valence-electron chi connectivity index (χ3n) is 10.6. The molecule has 1 aliphatic heterocycles. The molecule has 0 spiro atoms. The molecule has 1 aliphatic rings. The molecule has 5 aromatic rings. The number of ether oxygens (including phenoxy) is 12. The van der Waals surface area contributed by atoms with Crippen LogP contribution in [0.4, 0.5) is 0 Å². The van der Waals surface area contributed by atoms with Crippen molar-refractivity contribution in [3.63, 3.8) is 0 Å². The van der Waals surface area contributed by atoms with E-state index in [1.165, 1.54) is 0 Å². The maximum atomic E-state index is 13.9. The Morgan fingerprint density at radius 1 is 0.492 bits per heavy atom. The fraction of sp³-hybridized carbons (Fsp3) is 0.375. The molecular formula is C48H57O14P. The molecule has 1 N–H and O–H groups in total. The zero-order chi connectivity index (χ0) is 44.8. The molecule has 1 heterocycles.